The second-order valence-electron chi connectivity index (χ2n) is 4.98. The zero-order valence-electron chi connectivity index (χ0n) is 12.3. The first-order chi connectivity index (χ1) is 11.8. The second-order valence-corrected chi connectivity index (χ2v) is 5.79. The van der Waals surface area contributed by atoms with Gasteiger partial charge in [-0.25, -0.2) is 4.68 Å². The topological polar surface area (TPSA) is 93.6 Å². The normalized spacial score (nSPS) is 13.5. The first kappa shape index (κ1) is 20.2. The lowest BCUT2D eigenvalue weighted by Crippen LogP contribution is -2.29. The Morgan fingerprint density at radius 1 is 1.12 bits per heavy atom. The van der Waals surface area contributed by atoms with Gasteiger partial charge in [0.25, 0.3) is 0 Å². The summed E-state index contributed by atoms with van der Waals surface area (Å²) in [4.78, 5) is 0. The van der Waals surface area contributed by atoms with Crippen LogP contribution in [0.4, 0.5) is 32.2 Å². The van der Waals surface area contributed by atoms with E-state index >= 15 is 0 Å². The van der Waals surface area contributed by atoms with Crippen molar-refractivity contribution in [1.29, 1.82) is 5.26 Å². The van der Waals surface area contributed by atoms with Gasteiger partial charge in [0, 0.05) is 0 Å². The highest BCUT2D eigenvalue weighted by molar-refractivity contribution is 6.38. The van der Waals surface area contributed by atoms with Gasteiger partial charge in [0.15, 0.2) is 5.69 Å². The molecule has 0 aliphatic rings. The lowest BCUT2D eigenvalue weighted by Gasteiger charge is -2.16. The number of alkyl halides is 6. The molecule has 13 heteroatoms. The van der Waals surface area contributed by atoms with E-state index in [0.717, 1.165) is 0 Å². The standard InChI is InChI=1S/C13H7Cl2F6N5/c14-5-1-4(12(16,17)18)2-6(15)9(5)26-11(24)8(7(3-22)25-26)10(23)13(19,20)21/h1-2,10H,23-24H2. The van der Waals surface area contributed by atoms with Crippen LogP contribution in [-0.4, -0.2) is 16.0 Å². The van der Waals surface area contributed by atoms with Crippen LogP contribution in [0.1, 0.15) is 22.9 Å². The largest absolute Gasteiger partial charge is 0.416 e. The summed E-state index contributed by atoms with van der Waals surface area (Å²) in [7, 11) is 0. The molecule has 0 fully saturated rings. The van der Waals surface area contributed by atoms with Crippen LogP contribution < -0.4 is 11.5 Å². The number of nitrogens with zero attached hydrogens (tertiary/aromatic N) is 3. The van der Waals surface area contributed by atoms with Crippen LogP contribution >= 0.6 is 23.2 Å². The van der Waals surface area contributed by atoms with Crippen LogP contribution in [0.2, 0.25) is 10.0 Å². The van der Waals surface area contributed by atoms with Gasteiger partial charge in [0.1, 0.15) is 23.6 Å². The Labute approximate surface area is 151 Å². The van der Waals surface area contributed by atoms with Crippen molar-refractivity contribution in [1.82, 2.24) is 9.78 Å². The number of rotatable bonds is 2. The van der Waals surface area contributed by atoms with E-state index in [9.17, 15) is 26.3 Å². The van der Waals surface area contributed by atoms with E-state index in [-0.39, 0.29) is 0 Å². The number of hydrogen-bond acceptors (Lipinski definition) is 4. The van der Waals surface area contributed by atoms with Gasteiger partial charge in [-0.05, 0) is 12.1 Å². The molecule has 140 valence electrons. The molecule has 26 heavy (non-hydrogen) atoms. The lowest BCUT2D eigenvalue weighted by molar-refractivity contribution is -0.149. The van der Waals surface area contributed by atoms with Crippen molar-refractivity contribution < 1.29 is 26.3 Å². The van der Waals surface area contributed by atoms with Crippen LogP contribution in [0, 0.1) is 11.3 Å². The molecule has 0 spiro atoms. The molecule has 1 aromatic carbocycles. The van der Waals surface area contributed by atoms with E-state index in [1.165, 1.54) is 6.07 Å². The summed E-state index contributed by atoms with van der Waals surface area (Å²) >= 11 is 11.6. The van der Waals surface area contributed by atoms with Crippen molar-refractivity contribution in [3.63, 3.8) is 0 Å². The Kier molecular flexibility index (Phi) is 5.06. The molecule has 2 aromatic rings. The number of nitrogen functional groups attached to an aromatic ring is 1. The number of nitriles is 1. The second kappa shape index (κ2) is 6.53. The molecule has 2 rings (SSSR count). The third kappa shape index (κ3) is 3.53. The zero-order chi connectivity index (χ0) is 20.0. The Morgan fingerprint density at radius 2 is 1.62 bits per heavy atom. The molecular weight excluding hydrogens is 411 g/mol. The highest BCUT2D eigenvalue weighted by Crippen LogP contribution is 2.41. The summed E-state index contributed by atoms with van der Waals surface area (Å²) in [6, 6.07) is -0.246. The molecule has 1 aromatic heterocycles. The maximum absolute atomic E-state index is 12.9. The van der Waals surface area contributed by atoms with Gasteiger partial charge < -0.3 is 11.5 Å². The van der Waals surface area contributed by atoms with E-state index in [2.05, 4.69) is 5.10 Å². The Balaban J connectivity index is 2.72. The zero-order valence-corrected chi connectivity index (χ0v) is 13.8. The predicted octanol–water partition coefficient (Wildman–Crippen LogP) is 4.21. The summed E-state index contributed by atoms with van der Waals surface area (Å²) in [6.07, 6.45) is -9.70. The van der Waals surface area contributed by atoms with E-state index in [0.29, 0.717) is 16.8 Å². The van der Waals surface area contributed by atoms with Gasteiger partial charge in [-0.2, -0.15) is 36.7 Å². The first-order valence-electron chi connectivity index (χ1n) is 6.46. The van der Waals surface area contributed by atoms with E-state index in [1.54, 1.807) is 0 Å². The average molecular weight is 418 g/mol. The summed E-state index contributed by atoms with van der Waals surface area (Å²) in [5, 5.41) is 11.4. The molecule has 0 amide bonds. The van der Waals surface area contributed by atoms with E-state index in [1.807, 2.05) is 0 Å². The van der Waals surface area contributed by atoms with Crippen LogP contribution in [-0.2, 0) is 6.18 Å². The molecule has 0 saturated heterocycles. The number of nitrogens with two attached hydrogens (primary N) is 2. The van der Waals surface area contributed by atoms with Crippen molar-refractivity contribution in [2.24, 2.45) is 5.73 Å². The Morgan fingerprint density at radius 3 is 2.00 bits per heavy atom. The van der Waals surface area contributed by atoms with Gasteiger partial charge in [-0.1, -0.05) is 23.2 Å². The van der Waals surface area contributed by atoms with Crippen molar-refractivity contribution in [3.05, 3.63) is 39.0 Å². The SMILES string of the molecule is N#Cc1nn(-c2c(Cl)cc(C(F)(F)F)cc2Cl)c(N)c1C(N)C(F)(F)F. The number of hydrogen-bond donors (Lipinski definition) is 2. The maximum atomic E-state index is 12.9. The molecule has 0 aliphatic carbocycles. The minimum atomic E-state index is -4.94. The molecule has 1 heterocycles. The third-order valence-electron chi connectivity index (χ3n) is 3.28. The van der Waals surface area contributed by atoms with Crippen molar-refractivity contribution in [3.8, 4) is 11.8 Å². The molecule has 0 radical (unpaired) electrons. The van der Waals surface area contributed by atoms with Crippen LogP contribution in [0.25, 0.3) is 5.69 Å². The quantitative estimate of drug-likeness (QED) is 0.715. The van der Waals surface area contributed by atoms with Gasteiger partial charge in [0.05, 0.1) is 21.2 Å². The Hall–Kier alpha value is -2.16. The Bertz CT molecular complexity index is 873. The number of anilines is 1. The molecule has 1 atom stereocenters. The van der Waals surface area contributed by atoms with Crippen molar-refractivity contribution in [2.45, 2.75) is 18.4 Å². The summed E-state index contributed by atoms with van der Waals surface area (Å²) in [6.45, 7) is 0. The predicted molar refractivity (Wildman–Crippen MR) is 80.7 cm³/mol. The monoisotopic (exact) mass is 417 g/mol. The minimum absolute atomic E-state index is 0.420. The molecular formula is C13H7Cl2F6N5. The van der Waals surface area contributed by atoms with Crippen LogP contribution in [0.5, 0.6) is 0 Å². The fourth-order valence-corrected chi connectivity index (χ4v) is 2.75. The van der Waals surface area contributed by atoms with Gasteiger partial charge >= 0.3 is 12.4 Å². The fraction of sp³-hybridized carbons (Fsp3) is 0.231. The third-order valence-corrected chi connectivity index (χ3v) is 3.86. The van der Waals surface area contributed by atoms with E-state index < -0.39 is 56.8 Å². The van der Waals surface area contributed by atoms with Crippen LogP contribution in [0.15, 0.2) is 12.1 Å². The van der Waals surface area contributed by atoms with Crippen molar-refractivity contribution >= 4 is 29.0 Å². The minimum Gasteiger partial charge on any atom is -0.383 e. The first-order valence-corrected chi connectivity index (χ1v) is 7.22. The lowest BCUT2D eigenvalue weighted by atomic mass is 10.1. The number of aromatic nitrogens is 2. The molecule has 0 saturated carbocycles. The molecule has 0 aliphatic heterocycles. The smallest absolute Gasteiger partial charge is 0.383 e. The number of benzene rings is 1. The van der Waals surface area contributed by atoms with Crippen molar-refractivity contribution in [2.75, 3.05) is 5.73 Å². The number of halogens is 8. The molecule has 1 unspecified atom stereocenters. The summed E-state index contributed by atoms with van der Waals surface area (Å²) < 4.78 is 77.5. The molecule has 4 N–H and O–H groups in total. The molecule has 5 nitrogen and oxygen atoms in total. The fourth-order valence-electron chi connectivity index (χ4n) is 2.10. The van der Waals surface area contributed by atoms with Gasteiger partial charge in [-0.3, -0.25) is 0 Å². The van der Waals surface area contributed by atoms with Crippen LogP contribution in [0.3, 0.4) is 0 Å². The highest BCUT2D eigenvalue weighted by Gasteiger charge is 2.42. The molecule has 0 bridgehead atoms. The summed E-state index contributed by atoms with van der Waals surface area (Å²) in [5.41, 5.74) is 7.46. The van der Waals surface area contributed by atoms with Gasteiger partial charge in [0.2, 0.25) is 0 Å². The summed E-state index contributed by atoms with van der Waals surface area (Å²) in [5.74, 6) is -0.727. The maximum Gasteiger partial charge on any atom is 0.416 e. The average Bonchev–Trinajstić information content (AvgIpc) is 2.80. The highest BCUT2D eigenvalue weighted by atomic mass is 35.5. The van der Waals surface area contributed by atoms with E-state index in [4.69, 9.17) is 39.9 Å². The van der Waals surface area contributed by atoms with Gasteiger partial charge in [-0.15, -0.1) is 0 Å².